The first-order valence-corrected chi connectivity index (χ1v) is 6.87. The zero-order valence-corrected chi connectivity index (χ0v) is 11.3. The van der Waals surface area contributed by atoms with E-state index in [1.165, 1.54) is 0 Å². The molecule has 1 aliphatic carbocycles. The molecule has 108 valence electrons. The van der Waals surface area contributed by atoms with Crippen molar-refractivity contribution in [3.05, 3.63) is 35.9 Å². The van der Waals surface area contributed by atoms with Gasteiger partial charge in [-0.05, 0) is 18.4 Å². The van der Waals surface area contributed by atoms with E-state index < -0.39 is 17.4 Å². The molecule has 0 heterocycles. The number of hydrogen-bond donors (Lipinski definition) is 3. The number of carbonyl (C=O) groups excluding carboxylic acids is 1. The number of hydrogen-bond acceptors (Lipinski definition) is 3. The molecule has 0 bridgehead atoms. The van der Waals surface area contributed by atoms with Gasteiger partial charge in [0.25, 0.3) is 0 Å². The summed E-state index contributed by atoms with van der Waals surface area (Å²) in [6.07, 6.45) is 3.02. The van der Waals surface area contributed by atoms with Crippen LogP contribution in [0, 0.1) is 5.41 Å². The molecule has 20 heavy (non-hydrogen) atoms. The Hall–Kier alpha value is -1.88. The normalized spacial score (nSPS) is 18.4. The summed E-state index contributed by atoms with van der Waals surface area (Å²) in [5.41, 5.74) is 5.79. The van der Waals surface area contributed by atoms with Gasteiger partial charge in [-0.15, -0.1) is 0 Å². The predicted molar refractivity (Wildman–Crippen MR) is 74.9 cm³/mol. The van der Waals surface area contributed by atoms with E-state index in [0.717, 1.165) is 18.4 Å². The molecular weight excluding hydrogens is 256 g/mol. The average molecular weight is 276 g/mol. The van der Waals surface area contributed by atoms with Crippen LogP contribution in [0.1, 0.15) is 37.3 Å². The van der Waals surface area contributed by atoms with Crippen LogP contribution in [-0.4, -0.2) is 23.5 Å². The predicted octanol–water partition coefficient (Wildman–Crippen LogP) is 1.45. The van der Waals surface area contributed by atoms with Crippen molar-refractivity contribution in [2.75, 3.05) is 6.54 Å². The van der Waals surface area contributed by atoms with Crippen LogP contribution in [0.2, 0.25) is 0 Å². The maximum absolute atomic E-state index is 12.0. The van der Waals surface area contributed by atoms with Crippen molar-refractivity contribution < 1.29 is 14.7 Å². The number of benzene rings is 1. The van der Waals surface area contributed by atoms with Gasteiger partial charge in [0.2, 0.25) is 5.91 Å². The molecule has 1 atom stereocenters. The highest BCUT2D eigenvalue weighted by atomic mass is 16.4. The minimum atomic E-state index is -0.830. The highest BCUT2D eigenvalue weighted by Crippen LogP contribution is 2.37. The van der Waals surface area contributed by atoms with E-state index in [2.05, 4.69) is 5.32 Å². The first-order valence-electron chi connectivity index (χ1n) is 6.87. The zero-order valence-electron chi connectivity index (χ0n) is 11.3. The Kier molecular flexibility index (Phi) is 4.39. The first kappa shape index (κ1) is 14.5. The maximum Gasteiger partial charge on any atom is 0.311 e. The third-order valence-electron chi connectivity index (χ3n) is 4.06. The summed E-state index contributed by atoms with van der Waals surface area (Å²) in [6.45, 7) is 0.154. The molecule has 0 spiro atoms. The van der Waals surface area contributed by atoms with Crippen LogP contribution in [0.25, 0.3) is 0 Å². The quantitative estimate of drug-likeness (QED) is 0.759. The van der Waals surface area contributed by atoms with Crippen LogP contribution in [-0.2, 0) is 9.59 Å². The fourth-order valence-corrected chi connectivity index (χ4v) is 2.70. The van der Waals surface area contributed by atoms with Crippen molar-refractivity contribution in [2.24, 2.45) is 11.1 Å². The van der Waals surface area contributed by atoms with E-state index in [4.69, 9.17) is 5.73 Å². The summed E-state index contributed by atoms with van der Waals surface area (Å²) in [5, 5.41) is 12.0. The van der Waals surface area contributed by atoms with Crippen molar-refractivity contribution >= 4 is 11.9 Å². The number of nitrogens with two attached hydrogens (primary N) is 1. The molecule has 1 aliphatic rings. The molecule has 1 saturated carbocycles. The van der Waals surface area contributed by atoms with E-state index in [1.54, 1.807) is 12.1 Å². The zero-order chi connectivity index (χ0) is 14.6. The molecule has 0 saturated heterocycles. The number of carbonyl (C=O) groups is 2. The molecule has 1 amide bonds. The first-order chi connectivity index (χ1) is 9.55. The molecular formula is C15H20N2O3. The van der Waals surface area contributed by atoms with Crippen molar-refractivity contribution in [3.63, 3.8) is 0 Å². The van der Waals surface area contributed by atoms with E-state index in [0.29, 0.717) is 12.8 Å². The van der Waals surface area contributed by atoms with Crippen LogP contribution in [0.3, 0.4) is 0 Å². The van der Waals surface area contributed by atoms with Crippen molar-refractivity contribution in [1.82, 2.24) is 5.32 Å². The Morgan fingerprint density at radius 2 is 1.85 bits per heavy atom. The van der Waals surface area contributed by atoms with Gasteiger partial charge in [0.05, 0.1) is 5.41 Å². The average Bonchev–Trinajstić information content (AvgIpc) is 2.95. The second-order valence-corrected chi connectivity index (χ2v) is 5.40. The fraction of sp³-hybridized carbons (Fsp3) is 0.467. The van der Waals surface area contributed by atoms with E-state index >= 15 is 0 Å². The SMILES string of the molecule is N[C@H](C(=O)NCC1(C(=O)O)CCCC1)c1ccccc1. The fourth-order valence-electron chi connectivity index (χ4n) is 2.70. The van der Waals surface area contributed by atoms with E-state index in [9.17, 15) is 14.7 Å². The van der Waals surface area contributed by atoms with Crippen molar-refractivity contribution in [1.29, 1.82) is 0 Å². The number of rotatable bonds is 5. The van der Waals surface area contributed by atoms with Gasteiger partial charge in [-0.25, -0.2) is 0 Å². The smallest absolute Gasteiger partial charge is 0.311 e. The Bertz CT molecular complexity index is 481. The van der Waals surface area contributed by atoms with Gasteiger partial charge in [0.1, 0.15) is 6.04 Å². The van der Waals surface area contributed by atoms with Crippen LogP contribution >= 0.6 is 0 Å². The summed E-state index contributed by atoms with van der Waals surface area (Å²) in [6, 6.07) is 8.30. The molecule has 5 heteroatoms. The Labute approximate surface area is 118 Å². The molecule has 0 radical (unpaired) electrons. The number of nitrogens with one attached hydrogen (secondary N) is 1. The Morgan fingerprint density at radius 3 is 2.40 bits per heavy atom. The Morgan fingerprint density at radius 1 is 1.25 bits per heavy atom. The summed E-state index contributed by atoms with van der Waals surface area (Å²) < 4.78 is 0. The summed E-state index contributed by atoms with van der Waals surface area (Å²) in [5.74, 6) is -1.16. The minimum Gasteiger partial charge on any atom is -0.481 e. The molecule has 1 aromatic rings. The second-order valence-electron chi connectivity index (χ2n) is 5.40. The third-order valence-corrected chi connectivity index (χ3v) is 4.06. The van der Waals surface area contributed by atoms with Crippen LogP contribution in [0.15, 0.2) is 30.3 Å². The number of carboxylic acids is 1. The summed E-state index contributed by atoms with van der Waals surface area (Å²) in [4.78, 5) is 23.4. The lowest BCUT2D eigenvalue weighted by atomic mass is 9.86. The number of aliphatic carboxylic acids is 1. The lowest BCUT2D eigenvalue weighted by molar-refractivity contribution is -0.148. The van der Waals surface area contributed by atoms with Gasteiger partial charge in [0, 0.05) is 6.54 Å². The molecule has 0 aromatic heterocycles. The molecule has 0 unspecified atom stereocenters. The lowest BCUT2D eigenvalue weighted by Crippen LogP contribution is -2.44. The molecule has 2 rings (SSSR count). The molecule has 1 aromatic carbocycles. The minimum absolute atomic E-state index is 0.154. The Balaban J connectivity index is 1.96. The highest BCUT2D eigenvalue weighted by Gasteiger charge is 2.41. The maximum atomic E-state index is 12.0. The number of carboxylic acid groups (broad SMARTS) is 1. The van der Waals surface area contributed by atoms with Gasteiger partial charge in [-0.2, -0.15) is 0 Å². The van der Waals surface area contributed by atoms with Gasteiger partial charge < -0.3 is 16.2 Å². The second kappa shape index (κ2) is 6.05. The van der Waals surface area contributed by atoms with E-state index in [-0.39, 0.29) is 12.5 Å². The standard InChI is InChI=1S/C15H20N2O3/c16-12(11-6-2-1-3-7-11)13(18)17-10-15(14(19)20)8-4-5-9-15/h1-3,6-7,12H,4-5,8-10,16H2,(H,17,18)(H,19,20)/t12-/m0/s1. The lowest BCUT2D eigenvalue weighted by Gasteiger charge is -2.25. The van der Waals surface area contributed by atoms with Gasteiger partial charge >= 0.3 is 5.97 Å². The van der Waals surface area contributed by atoms with E-state index in [1.807, 2.05) is 18.2 Å². The summed E-state index contributed by atoms with van der Waals surface area (Å²) in [7, 11) is 0. The van der Waals surface area contributed by atoms with Crippen molar-refractivity contribution in [3.8, 4) is 0 Å². The number of amides is 1. The van der Waals surface area contributed by atoms with Crippen molar-refractivity contribution in [2.45, 2.75) is 31.7 Å². The van der Waals surface area contributed by atoms with Gasteiger partial charge in [-0.3, -0.25) is 9.59 Å². The van der Waals surface area contributed by atoms with Crippen LogP contribution in [0.5, 0.6) is 0 Å². The monoisotopic (exact) mass is 276 g/mol. The van der Waals surface area contributed by atoms with Gasteiger partial charge in [-0.1, -0.05) is 43.2 Å². The highest BCUT2D eigenvalue weighted by molar-refractivity contribution is 5.84. The largest absolute Gasteiger partial charge is 0.481 e. The molecule has 5 nitrogen and oxygen atoms in total. The molecule has 4 N–H and O–H groups in total. The molecule has 0 aliphatic heterocycles. The van der Waals surface area contributed by atoms with Crippen LogP contribution in [0.4, 0.5) is 0 Å². The van der Waals surface area contributed by atoms with Gasteiger partial charge in [0.15, 0.2) is 0 Å². The molecule has 1 fully saturated rings. The topological polar surface area (TPSA) is 92.4 Å². The van der Waals surface area contributed by atoms with Crippen LogP contribution < -0.4 is 11.1 Å². The summed E-state index contributed by atoms with van der Waals surface area (Å²) >= 11 is 0. The third kappa shape index (κ3) is 2.99.